The van der Waals surface area contributed by atoms with Crippen molar-refractivity contribution in [2.24, 2.45) is 0 Å². The fraction of sp³-hybridized carbons (Fsp3) is 0.167. The average molecular weight is 199 g/mol. The molecule has 0 amide bonds. The third-order valence-corrected chi connectivity index (χ3v) is 2.31. The smallest absolute Gasteiger partial charge is 0.0418 e. The van der Waals surface area contributed by atoms with E-state index in [0.29, 0.717) is 0 Å². The minimum absolute atomic E-state index is 0.795. The standard InChI is InChI=1S/C12H13N3/c1-10-2-5-14-8-11(10)9-15-12-3-6-13-7-4-12/h2-8H,9H2,1H3,(H,13,15). The number of anilines is 1. The molecule has 0 aliphatic rings. The van der Waals surface area contributed by atoms with Gasteiger partial charge in [-0.15, -0.1) is 0 Å². The number of hydrogen-bond donors (Lipinski definition) is 1. The Morgan fingerprint density at radius 2 is 1.80 bits per heavy atom. The van der Waals surface area contributed by atoms with E-state index in [2.05, 4.69) is 22.2 Å². The van der Waals surface area contributed by atoms with Gasteiger partial charge >= 0.3 is 0 Å². The second-order valence-electron chi connectivity index (χ2n) is 3.39. The molecule has 1 N–H and O–H groups in total. The van der Waals surface area contributed by atoms with Crippen LogP contribution in [0.15, 0.2) is 43.0 Å². The fourth-order valence-electron chi connectivity index (χ4n) is 1.35. The summed E-state index contributed by atoms with van der Waals surface area (Å²) in [6.07, 6.45) is 7.26. The minimum Gasteiger partial charge on any atom is -0.381 e. The highest BCUT2D eigenvalue weighted by molar-refractivity contribution is 5.41. The van der Waals surface area contributed by atoms with Crippen LogP contribution in [0.5, 0.6) is 0 Å². The molecule has 2 aromatic heterocycles. The van der Waals surface area contributed by atoms with Gasteiger partial charge in [0.15, 0.2) is 0 Å². The van der Waals surface area contributed by atoms with Crippen LogP contribution in [0.4, 0.5) is 5.69 Å². The van der Waals surface area contributed by atoms with E-state index in [1.807, 2.05) is 30.6 Å². The Bertz CT molecular complexity index is 426. The Balaban J connectivity index is 2.03. The summed E-state index contributed by atoms with van der Waals surface area (Å²) < 4.78 is 0. The van der Waals surface area contributed by atoms with Crippen molar-refractivity contribution in [1.29, 1.82) is 0 Å². The number of rotatable bonds is 3. The quantitative estimate of drug-likeness (QED) is 0.824. The van der Waals surface area contributed by atoms with Crippen molar-refractivity contribution in [3.05, 3.63) is 54.1 Å². The molecule has 0 unspecified atom stereocenters. The van der Waals surface area contributed by atoms with Gasteiger partial charge in [0.2, 0.25) is 0 Å². The summed E-state index contributed by atoms with van der Waals surface area (Å²) >= 11 is 0. The summed E-state index contributed by atoms with van der Waals surface area (Å²) in [5, 5.41) is 3.32. The lowest BCUT2D eigenvalue weighted by molar-refractivity contribution is 1.08. The van der Waals surface area contributed by atoms with Crippen LogP contribution in [0.3, 0.4) is 0 Å². The largest absolute Gasteiger partial charge is 0.381 e. The zero-order valence-electron chi connectivity index (χ0n) is 8.64. The zero-order chi connectivity index (χ0) is 10.5. The first-order chi connectivity index (χ1) is 7.36. The molecule has 0 atom stereocenters. The molecule has 0 fully saturated rings. The first-order valence-electron chi connectivity index (χ1n) is 4.89. The molecule has 0 saturated heterocycles. The Hall–Kier alpha value is -1.90. The van der Waals surface area contributed by atoms with Gasteiger partial charge < -0.3 is 5.32 Å². The van der Waals surface area contributed by atoms with Gasteiger partial charge in [-0.1, -0.05) is 0 Å². The van der Waals surface area contributed by atoms with Gasteiger partial charge in [0.25, 0.3) is 0 Å². The summed E-state index contributed by atoms with van der Waals surface area (Å²) in [5.74, 6) is 0. The summed E-state index contributed by atoms with van der Waals surface area (Å²) in [6.45, 7) is 2.88. The van der Waals surface area contributed by atoms with Crippen LogP contribution in [-0.2, 0) is 6.54 Å². The molecule has 15 heavy (non-hydrogen) atoms. The van der Waals surface area contributed by atoms with Gasteiger partial charge in [-0.25, -0.2) is 0 Å². The van der Waals surface area contributed by atoms with Crippen molar-refractivity contribution in [2.75, 3.05) is 5.32 Å². The van der Waals surface area contributed by atoms with Crippen molar-refractivity contribution >= 4 is 5.69 Å². The highest BCUT2D eigenvalue weighted by Crippen LogP contribution is 2.09. The minimum atomic E-state index is 0.795. The normalized spacial score (nSPS) is 9.93. The third-order valence-electron chi connectivity index (χ3n) is 2.31. The van der Waals surface area contributed by atoms with Crippen LogP contribution in [-0.4, -0.2) is 9.97 Å². The topological polar surface area (TPSA) is 37.8 Å². The second-order valence-corrected chi connectivity index (χ2v) is 3.39. The maximum atomic E-state index is 4.11. The van der Waals surface area contributed by atoms with Crippen molar-refractivity contribution < 1.29 is 0 Å². The van der Waals surface area contributed by atoms with E-state index in [9.17, 15) is 0 Å². The van der Waals surface area contributed by atoms with E-state index >= 15 is 0 Å². The van der Waals surface area contributed by atoms with Crippen LogP contribution in [0.1, 0.15) is 11.1 Å². The van der Waals surface area contributed by atoms with Crippen LogP contribution in [0, 0.1) is 6.92 Å². The van der Waals surface area contributed by atoms with Crippen molar-refractivity contribution in [3.8, 4) is 0 Å². The predicted molar refractivity (Wildman–Crippen MR) is 60.5 cm³/mol. The lowest BCUT2D eigenvalue weighted by Crippen LogP contribution is -2.01. The molecule has 3 nitrogen and oxygen atoms in total. The maximum Gasteiger partial charge on any atom is 0.0418 e. The number of nitrogens with zero attached hydrogens (tertiary/aromatic N) is 2. The molecule has 0 saturated carbocycles. The molecule has 0 radical (unpaired) electrons. The highest BCUT2D eigenvalue weighted by Gasteiger charge is 1.97. The predicted octanol–water partition coefficient (Wildman–Crippen LogP) is 2.40. The number of pyridine rings is 2. The molecule has 0 aliphatic carbocycles. The summed E-state index contributed by atoms with van der Waals surface area (Å²) in [5.41, 5.74) is 3.55. The van der Waals surface area contributed by atoms with Gasteiger partial charge in [-0.3, -0.25) is 9.97 Å². The van der Waals surface area contributed by atoms with Gasteiger partial charge in [0, 0.05) is 37.0 Å². The fourth-order valence-corrected chi connectivity index (χ4v) is 1.35. The number of aromatic nitrogens is 2. The molecule has 76 valence electrons. The number of hydrogen-bond acceptors (Lipinski definition) is 3. The molecular weight excluding hydrogens is 186 g/mol. The molecule has 3 heteroatoms. The Labute approximate surface area is 89.2 Å². The first kappa shape index (κ1) is 9.65. The maximum absolute atomic E-state index is 4.11. The summed E-state index contributed by atoms with van der Waals surface area (Å²) in [6, 6.07) is 5.92. The molecular formula is C12H13N3. The van der Waals surface area contributed by atoms with Gasteiger partial charge in [-0.2, -0.15) is 0 Å². The summed E-state index contributed by atoms with van der Waals surface area (Å²) in [7, 11) is 0. The molecule has 2 aromatic rings. The third kappa shape index (κ3) is 2.53. The number of nitrogens with one attached hydrogen (secondary N) is 1. The first-order valence-corrected chi connectivity index (χ1v) is 4.89. The molecule has 0 bridgehead atoms. The average Bonchev–Trinajstić information content (AvgIpc) is 2.29. The van der Waals surface area contributed by atoms with Crippen molar-refractivity contribution in [1.82, 2.24) is 9.97 Å². The summed E-state index contributed by atoms with van der Waals surface area (Å²) in [4.78, 5) is 8.07. The Kier molecular flexibility index (Phi) is 2.93. The molecule has 0 aromatic carbocycles. The van der Waals surface area contributed by atoms with Crippen molar-refractivity contribution in [3.63, 3.8) is 0 Å². The lowest BCUT2D eigenvalue weighted by atomic mass is 10.1. The van der Waals surface area contributed by atoms with E-state index in [1.165, 1.54) is 11.1 Å². The zero-order valence-corrected chi connectivity index (χ0v) is 8.64. The number of aryl methyl sites for hydroxylation is 1. The van der Waals surface area contributed by atoms with Crippen LogP contribution < -0.4 is 5.32 Å². The van der Waals surface area contributed by atoms with E-state index in [-0.39, 0.29) is 0 Å². The lowest BCUT2D eigenvalue weighted by Gasteiger charge is -2.07. The SMILES string of the molecule is Cc1ccncc1CNc1ccncc1. The second kappa shape index (κ2) is 4.55. The van der Waals surface area contributed by atoms with E-state index in [0.717, 1.165) is 12.2 Å². The Morgan fingerprint density at radius 1 is 1.07 bits per heavy atom. The molecule has 2 rings (SSSR count). The van der Waals surface area contributed by atoms with E-state index < -0.39 is 0 Å². The highest BCUT2D eigenvalue weighted by atomic mass is 14.9. The van der Waals surface area contributed by atoms with Gasteiger partial charge in [-0.05, 0) is 36.2 Å². The Morgan fingerprint density at radius 3 is 2.53 bits per heavy atom. The molecule has 2 heterocycles. The van der Waals surface area contributed by atoms with Crippen LogP contribution in [0.2, 0.25) is 0 Å². The van der Waals surface area contributed by atoms with Crippen molar-refractivity contribution in [2.45, 2.75) is 13.5 Å². The molecule has 0 spiro atoms. The van der Waals surface area contributed by atoms with E-state index in [1.54, 1.807) is 12.4 Å². The van der Waals surface area contributed by atoms with Gasteiger partial charge in [0.05, 0.1) is 0 Å². The van der Waals surface area contributed by atoms with E-state index in [4.69, 9.17) is 0 Å². The van der Waals surface area contributed by atoms with Crippen LogP contribution >= 0.6 is 0 Å². The molecule has 0 aliphatic heterocycles. The monoisotopic (exact) mass is 199 g/mol. The van der Waals surface area contributed by atoms with Gasteiger partial charge in [0.1, 0.15) is 0 Å². The van der Waals surface area contributed by atoms with Crippen LogP contribution in [0.25, 0.3) is 0 Å².